The molecule has 18 heavy (non-hydrogen) atoms. The maximum atomic E-state index is 12.0. The molecule has 0 bridgehead atoms. The third-order valence-electron chi connectivity index (χ3n) is 3.00. The van der Waals surface area contributed by atoms with Crippen molar-refractivity contribution in [1.29, 1.82) is 0 Å². The molecule has 1 N–H and O–H groups in total. The molecule has 0 spiro atoms. The van der Waals surface area contributed by atoms with E-state index in [4.69, 9.17) is 4.74 Å². The van der Waals surface area contributed by atoms with E-state index in [1.54, 1.807) is 18.7 Å². The number of carbonyl (C=O) groups is 1. The minimum Gasteiger partial charge on any atom is -0.378 e. The number of nitrogens with one attached hydrogen (secondary N) is 1. The van der Waals surface area contributed by atoms with Gasteiger partial charge in [0.1, 0.15) is 0 Å². The fourth-order valence-electron chi connectivity index (χ4n) is 1.72. The van der Waals surface area contributed by atoms with Gasteiger partial charge in [-0.05, 0) is 6.92 Å². The van der Waals surface area contributed by atoms with Crippen LogP contribution in [0.25, 0.3) is 0 Å². The smallest absolute Gasteiger partial charge is 0.239 e. The second kappa shape index (κ2) is 7.06. The van der Waals surface area contributed by atoms with Gasteiger partial charge in [-0.25, -0.2) is 8.42 Å². The van der Waals surface area contributed by atoms with Crippen LogP contribution in [0.15, 0.2) is 0 Å². The predicted molar refractivity (Wildman–Crippen MR) is 69.2 cm³/mol. The van der Waals surface area contributed by atoms with Crippen molar-refractivity contribution < 1.29 is 17.9 Å². The molecule has 0 aliphatic carbocycles. The van der Waals surface area contributed by atoms with Gasteiger partial charge in [0, 0.05) is 25.4 Å². The summed E-state index contributed by atoms with van der Waals surface area (Å²) < 4.78 is 27.8. The SMILES string of the molecule is CCS(=O)(=O)CCNC(C)C(=O)N1CCOCC1. The van der Waals surface area contributed by atoms with Crippen molar-refractivity contribution in [3.8, 4) is 0 Å². The van der Waals surface area contributed by atoms with Gasteiger partial charge in [0.15, 0.2) is 9.84 Å². The lowest BCUT2D eigenvalue weighted by molar-refractivity contribution is -0.137. The minimum atomic E-state index is -2.97. The molecule has 1 unspecified atom stereocenters. The zero-order valence-electron chi connectivity index (χ0n) is 11.0. The van der Waals surface area contributed by atoms with E-state index in [0.29, 0.717) is 32.8 Å². The number of morpholine rings is 1. The highest BCUT2D eigenvalue weighted by Gasteiger charge is 2.22. The van der Waals surface area contributed by atoms with Crippen molar-refractivity contribution in [1.82, 2.24) is 10.2 Å². The molecule has 1 aliphatic rings. The Bertz CT molecular complexity index is 363. The molecule has 0 aromatic heterocycles. The Kier molecular flexibility index (Phi) is 6.04. The highest BCUT2D eigenvalue weighted by Crippen LogP contribution is 2.00. The quantitative estimate of drug-likeness (QED) is 0.692. The van der Waals surface area contributed by atoms with Gasteiger partial charge in [0.2, 0.25) is 5.91 Å². The van der Waals surface area contributed by atoms with Crippen LogP contribution in [0.1, 0.15) is 13.8 Å². The van der Waals surface area contributed by atoms with E-state index in [9.17, 15) is 13.2 Å². The second-order valence-electron chi connectivity index (χ2n) is 4.35. The zero-order valence-corrected chi connectivity index (χ0v) is 11.8. The predicted octanol–water partition coefficient (Wildman–Crippen LogP) is -0.742. The summed E-state index contributed by atoms with van der Waals surface area (Å²) in [5.41, 5.74) is 0. The van der Waals surface area contributed by atoms with Gasteiger partial charge in [-0.2, -0.15) is 0 Å². The molecule has 0 aromatic rings. The van der Waals surface area contributed by atoms with Crippen LogP contribution in [0.4, 0.5) is 0 Å². The number of carbonyl (C=O) groups excluding carboxylic acids is 1. The molecule has 1 fully saturated rings. The molecule has 1 aliphatic heterocycles. The maximum absolute atomic E-state index is 12.0. The van der Waals surface area contributed by atoms with Crippen LogP contribution < -0.4 is 5.32 Å². The average molecular weight is 278 g/mol. The van der Waals surface area contributed by atoms with E-state index < -0.39 is 9.84 Å². The average Bonchev–Trinajstić information content (AvgIpc) is 2.38. The molecule has 0 radical (unpaired) electrons. The van der Waals surface area contributed by atoms with Crippen LogP contribution in [0, 0.1) is 0 Å². The van der Waals surface area contributed by atoms with Crippen molar-refractivity contribution in [2.24, 2.45) is 0 Å². The molecule has 0 aromatic carbocycles. The van der Waals surface area contributed by atoms with Crippen LogP contribution in [-0.4, -0.2) is 69.6 Å². The van der Waals surface area contributed by atoms with Gasteiger partial charge >= 0.3 is 0 Å². The molecule has 1 heterocycles. The van der Waals surface area contributed by atoms with E-state index in [-0.39, 0.29) is 23.5 Å². The van der Waals surface area contributed by atoms with Gasteiger partial charge in [-0.1, -0.05) is 6.92 Å². The summed E-state index contributed by atoms with van der Waals surface area (Å²) in [5, 5.41) is 2.96. The molecule has 1 saturated heterocycles. The number of hydrogen-bond donors (Lipinski definition) is 1. The van der Waals surface area contributed by atoms with Crippen LogP contribution in [0.2, 0.25) is 0 Å². The van der Waals surface area contributed by atoms with Gasteiger partial charge in [-0.15, -0.1) is 0 Å². The number of hydrogen-bond acceptors (Lipinski definition) is 5. The third-order valence-corrected chi connectivity index (χ3v) is 4.70. The summed E-state index contributed by atoms with van der Waals surface area (Å²) in [5.74, 6) is 0.220. The second-order valence-corrected chi connectivity index (χ2v) is 6.82. The first-order valence-corrected chi connectivity index (χ1v) is 8.08. The summed E-state index contributed by atoms with van der Waals surface area (Å²) in [4.78, 5) is 13.7. The third kappa shape index (κ3) is 4.91. The van der Waals surface area contributed by atoms with E-state index in [0.717, 1.165) is 0 Å². The number of rotatable bonds is 6. The normalized spacial score (nSPS) is 18.7. The Morgan fingerprint density at radius 1 is 1.39 bits per heavy atom. The summed E-state index contributed by atoms with van der Waals surface area (Å²) >= 11 is 0. The van der Waals surface area contributed by atoms with Crippen molar-refractivity contribution in [2.75, 3.05) is 44.4 Å². The highest BCUT2D eigenvalue weighted by molar-refractivity contribution is 7.91. The van der Waals surface area contributed by atoms with Crippen LogP contribution in [-0.2, 0) is 19.4 Å². The first-order valence-electron chi connectivity index (χ1n) is 6.26. The van der Waals surface area contributed by atoms with E-state index in [1.807, 2.05) is 0 Å². The Morgan fingerprint density at radius 3 is 2.56 bits per heavy atom. The van der Waals surface area contributed by atoms with Gasteiger partial charge < -0.3 is 15.0 Å². The fourth-order valence-corrected chi connectivity index (χ4v) is 2.44. The van der Waals surface area contributed by atoms with E-state index in [1.165, 1.54) is 0 Å². The highest BCUT2D eigenvalue weighted by atomic mass is 32.2. The molecule has 1 amide bonds. The van der Waals surface area contributed by atoms with Crippen LogP contribution in [0.3, 0.4) is 0 Å². The molecular weight excluding hydrogens is 256 g/mol. The van der Waals surface area contributed by atoms with E-state index >= 15 is 0 Å². The topological polar surface area (TPSA) is 75.7 Å². The summed E-state index contributed by atoms with van der Waals surface area (Å²) in [6, 6.07) is -0.352. The number of sulfone groups is 1. The summed E-state index contributed by atoms with van der Waals surface area (Å²) in [7, 11) is -2.97. The standard InChI is InChI=1S/C11H22N2O4S/c1-3-18(15,16)9-4-12-10(2)11(14)13-5-7-17-8-6-13/h10,12H,3-9H2,1-2H3. The first-order chi connectivity index (χ1) is 8.46. The lowest BCUT2D eigenvalue weighted by Crippen LogP contribution is -2.49. The zero-order chi connectivity index (χ0) is 13.6. The number of nitrogens with zero attached hydrogens (tertiary/aromatic N) is 1. The Balaban J connectivity index is 2.31. The molecule has 7 heteroatoms. The minimum absolute atomic E-state index is 0.00666. The lowest BCUT2D eigenvalue weighted by atomic mass is 10.2. The maximum Gasteiger partial charge on any atom is 0.239 e. The summed E-state index contributed by atoms with van der Waals surface area (Å²) in [6.07, 6.45) is 0. The Morgan fingerprint density at radius 2 is 2.00 bits per heavy atom. The number of amides is 1. The van der Waals surface area contributed by atoms with Gasteiger partial charge in [-0.3, -0.25) is 4.79 Å². The van der Waals surface area contributed by atoms with Gasteiger partial charge in [0.05, 0.1) is 25.0 Å². The molecule has 1 atom stereocenters. The van der Waals surface area contributed by atoms with Crippen LogP contribution in [0.5, 0.6) is 0 Å². The molecule has 106 valence electrons. The lowest BCUT2D eigenvalue weighted by Gasteiger charge is -2.29. The number of ether oxygens (including phenoxy) is 1. The fraction of sp³-hybridized carbons (Fsp3) is 0.909. The first kappa shape index (κ1) is 15.4. The van der Waals surface area contributed by atoms with Crippen molar-refractivity contribution in [3.63, 3.8) is 0 Å². The summed E-state index contributed by atoms with van der Waals surface area (Å²) in [6.45, 7) is 6.06. The van der Waals surface area contributed by atoms with Crippen molar-refractivity contribution >= 4 is 15.7 Å². The van der Waals surface area contributed by atoms with Crippen molar-refractivity contribution in [2.45, 2.75) is 19.9 Å². The Hall–Kier alpha value is -0.660. The molecule has 0 saturated carbocycles. The van der Waals surface area contributed by atoms with E-state index in [2.05, 4.69) is 5.32 Å². The molecule has 1 rings (SSSR count). The van der Waals surface area contributed by atoms with Crippen molar-refractivity contribution in [3.05, 3.63) is 0 Å². The Labute approximate surface area is 109 Å². The largest absolute Gasteiger partial charge is 0.378 e. The molecule has 6 nitrogen and oxygen atoms in total. The molecular formula is C11H22N2O4S. The van der Waals surface area contributed by atoms with Gasteiger partial charge in [0.25, 0.3) is 0 Å². The van der Waals surface area contributed by atoms with Crippen LogP contribution >= 0.6 is 0 Å². The monoisotopic (exact) mass is 278 g/mol.